The van der Waals surface area contributed by atoms with Crippen LogP contribution in [0.25, 0.3) is 0 Å². The Kier molecular flexibility index (Phi) is 5.84. The van der Waals surface area contributed by atoms with Gasteiger partial charge in [0.05, 0.1) is 0 Å². The van der Waals surface area contributed by atoms with Crippen molar-refractivity contribution < 1.29 is 14.7 Å². The first kappa shape index (κ1) is 16.8. The van der Waals surface area contributed by atoms with Crippen molar-refractivity contribution in [2.75, 3.05) is 13.6 Å². The van der Waals surface area contributed by atoms with Crippen LogP contribution in [-0.2, 0) is 4.79 Å². The van der Waals surface area contributed by atoms with Gasteiger partial charge in [-0.1, -0.05) is 40.0 Å². The van der Waals surface area contributed by atoms with Gasteiger partial charge >= 0.3 is 12.0 Å². The maximum atomic E-state index is 12.1. The minimum Gasteiger partial charge on any atom is -0.480 e. The molecule has 0 bridgehead atoms. The Labute approximate surface area is 121 Å². The molecule has 1 unspecified atom stereocenters. The number of carboxylic acid groups (broad SMARTS) is 1. The standard InChI is InChI=1S/C15H28N2O3/c1-15(2,3)10-17(4)14(20)16-12(13(18)19)11-8-6-5-7-9-11/h11-12H,5-10H2,1-4H3,(H,16,20)(H,18,19). The van der Waals surface area contributed by atoms with Gasteiger partial charge in [-0.15, -0.1) is 0 Å². The molecule has 1 fully saturated rings. The van der Waals surface area contributed by atoms with E-state index in [0.717, 1.165) is 25.7 Å². The van der Waals surface area contributed by atoms with Gasteiger partial charge in [0.25, 0.3) is 0 Å². The first-order valence-electron chi connectivity index (χ1n) is 7.45. The molecule has 116 valence electrons. The number of amides is 2. The second kappa shape index (κ2) is 6.95. The third-order valence-electron chi connectivity index (χ3n) is 3.72. The number of nitrogens with zero attached hydrogens (tertiary/aromatic N) is 1. The van der Waals surface area contributed by atoms with Crippen molar-refractivity contribution >= 4 is 12.0 Å². The van der Waals surface area contributed by atoms with E-state index in [1.807, 2.05) is 20.8 Å². The second-order valence-electron chi connectivity index (χ2n) is 7.08. The first-order valence-corrected chi connectivity index (χ1v) is 7.45. The quantitative estimate of drug-likeness (QED) is 0.834. The van der Waals surface area contributed by atoms with Gasteiger partial charge in [0, 0.05) is 13.6 Å². The van der Waals surface area contributed by atoms with E-state index in [1.165, 1.54) is 6.42 Å². The maximum Gasteiger partial charge on any atom is 0.326 e. The summed E-state index contributed by atoms with van der Waals surface area (Å²) in [7, 11) is 1.71. The topological polar surface area (TPSA) is 69.6 Å². The average molecular weight is 284 g/mol. The molecular formula is C15H28N2O3. The lowest BCUT2D eigenvalue weighted by Gasteiger charge is -2.31. The molecule has 0 aromatic heterocycles. The van der Waals surface area contributed by atoms with Gasteiger partial charge in [-0.3, -0.25) is 0 Å². The zero-order valence-corrected chi connectivity index (χ0v) is 13.1. The molecule has 0 aromatic carbocycles. The van der Waals surface area contributed by atoms with Gasteiger partial charge in [-0.05, 0) is 24.2 Å². The van der Waals surface area contributed by atoms with Gasteiger partial charge in [0.2, 0.25) is 0 Å². The SMILES string of the molecule is CN(CC(C)(C)C)C(=O)NC(C(=O)O)C1CCCCC1. The number of carboxylic acids is 1. The van der Waals surface area contributed by atoms with Crippen molar-refractivity contribution in [1.29, 1.82) is 0 Å². The summed E-state index contributed by atoms with van der Waals surface area (Å²) < 4.78 is 0. The predicted octanol–water partition coefficient (Wildman–Crippen LogP) is 2.71. The summed E-state index contributed by atoms with van der Waals surface area (Å²) in [6, 6.07) is -1.05. The van der Waals surface area contributed by atoms with Crippen molar-refractivity contribution in [3.05, 3.63) is 0 Å². The fourth-order valence-corrected chi connectivity index (χ4v) is 2.88. The molecule has 1 saturated carbocycles. The molecule has 0 radical (unpaired) electrons. The molecule has 1 rings (SSSR count). The van der Waals surface area contributed by atoms with Crippen LogP contribution in [0.2, 0.25) is 0 Å². The third kappa shape index (κ3) is 5.39. The van der Waals surface area contributed by atoms with E-state index in [9.17, 15) is 14.7 Å². The summed E-state index contributed by atoms with van der Waals surface area (Å²) in [5.74, 6) is -0.859. The van der Waals surface area contributed by atoms with Crippen LogP contribution in [0.5, 0.6) is 0 Å². The van der Waals surface area contributed by atoms with Gasteiger partial charge < -0.3 is 15.3 Å². The number of urea groups is 1. The monoisotopic (exact) mass is 284 g/mol. The number of carbonyl (C=O) groups excluding carboxylic acids is 1. The fourth-order valence-electron chi connectivity index (χ4n) is 2.88. The van der Waals surface area contributed by atoms with Crippen LogP contribution in [-0.4, -0.2) is 41.6 Å². The van der Waals surface area contributed by atoms with Crippen molar-refractivity contribution in [1.82, 2.24) is 10.2 Å². The molecule has 0 aromatic rings. The molecule has 0 aliphatic heterocycles. The third-order valence-corrected chi connectivity index (χ3v) is 3.72. The zero-order valence-electron chi connectivity index (χ0n) is 13.1. The summed E-state index contributed by atoms with van der Waals surface area (Å²) in [6.45, 7) is 6.74. The number of nitrogens with one attached hydrogen (secondary N) is 1. The van der Waals surface area contributed by atoms with E-state index in [2.05, 4.69) is 5.32 Å². The molecule has 2 N–H and O–H groups in total. The lowest BCUT2D eigenvalue weighted by molar-refractivity contribution is -0.141. The second-order valence-corrected chi connectivity index (χ2v) is 7.08. The highest BCUT2D eigenvalue weighted by atomic mass is 16.4. The maximum absolute atomic E-state index is 12.1. The molecular weight excluding hydrogens is 256 g/mol. The predicted molar refractivity (Wildman–Crippen MR) is 78.6 cm³/mol. The Balaban J connectivity index is 2.60. The smallest absolute Gasteiger partial charge is 0.326 e. The highest BCUT2D eigenvalue weighted by Gasteiger charge is 2.31. The number of rotatable bonds is 4. The Morgan fingerprint density at radius 3 is 2.25 bits per heavy atom. The Bertz CT molecular complexity index is 344. The van der Waals surface area contributed by atoms with Crippen molar-refractivity contribution in [2.45, 2.75) is 58.9 Å². The van der Waals surface area contributed by atoms with Crippen LogP contribution in [0.4, 0.5) is 4.79 Å². The Morgan fingerprint density at radius 1 is 1.25 bits per heavy atom. The van der Waals surface area contributed by atoms with E-state index in [-0.39, 0.29) is 17.4 Å². The van der Waals surface area contributed by atoms with Crippen LogP contribution in [0.15, 0.2) is 0 Å². The molecule has 5 heteroatoms. The first-order chi connectivity index (χ1) is 9.20. The molecule has 5 nitrogen and oxygen atoms in total. The normalized spacial score (nSPS) is 18.4. The van der Waals surface area contributed by atoms with Crippen LogP contribution in [0.1, 0.15) is 52.9 Å². The molecule has 0 spiro atoms. The number of hydrogen-bond donors (Lipinski definition) is 2. The van der Waals surface area contributed by atoms with E-state index in [1.54, 1.807) is 11.9 Å². The van der Waals surface area contributed by atoms with Crippen LogP contribution >= 0.6 is 0 Å². The summed E-state index contributed by atoms with van der Waals surface area (Å²) in [6.07, 6.45) is 5.06. The number of aliphatic carboxylic acids is 1. The fraction of sp³-hybridized carbons (Fsp3) is 0.867. The summed E-state index contributed by atoms with van der Waals surface area (Å²) in [4.78, 5) is 25.1. The van der Waals surface area contributed by atoms with Crippen LogP contribution < -0.4 is 5.32 Å². The molecule has 2 amide bonds. The lowest BCUT2D eigenvalue weighted by atomic mass is 9.84. The minimum atomic E-state index is -0.922. The summed E-state index contributed by atoms with van der Waals surface area (Å²) in [5, 5.41) is 12.1. The van der Waals surface area contributed by atoms with E-state index < -0.39 is 12.0 Å². The van der Waals surface area contributed by atoms with E-state index in [0.29, 0.717) is 6.54 Å². The lowest BCUT2D eigenvalue weighted by Crippen LogP contribution is -2.51. The van der Waals surface area contributed by atoms with Crippen molar-refractivity contribution in [3.63, 3.8) is 0 Å². The van der Waals surface area contributed by atoms with E-state index >= 15 is 0 Å². The van der Waals surface area contributed by atoms with Gasteiger partial charge in [-0.2, -0.15) is 0 Å². The molecule has 0 saturated heterocycles. The zero-order chi connectivity index (χ0) is 15.3. The Morgan fingerprint density at radius 2 is 1.80 bits per heavy atom. The van der Waals surface area contributed by atoms with Crippen molar-refractivity contribution in [3.8, 4) is 0 Å². The molecule has 20 heavy (non-hydrogen) atoms. The van der Waals surface area contributed by atoms with Gasteiger partial charge in [-0.25, -0.2) is 9.59 Å². The highest BCUT2D eigenvalue weighted by molar-refractivity contribution is 5.82. The average Bonchev–Trinajstić information content (AvgIpc) is 2.34. The minimum absolute atomic E-state index is 0.00432. The molecule has 0 heterocycles. The summed E-state index contributed by atoms with van der Waals surface area (Å²) in [5.41, 5.74) is -0.00432. The van der Waals surface area contributed by atoms with Crippen LogP contribution in [0, 0.1) is 11.3 Å². The number of carbonyl (C=O) groups is 2. The largest absolute Gasteiger partial charge is 0.480 e. The number of hydrogen-bond acceptors (Lipinski definition) is 2. The van der Waals surface area contributed by atoms with Gasteiger partial charge in [0.15, 0.2) is 0 Å². The molecule has 1 aliphatic rings. The van der Waals surface area contributed by atoms with Crippen LogP contribution in [0.3, 0.4) is 0 Å². The Hall–Kier alpha value is -1.26. The van der Waals surface area contributed by atoms with Crippen molar-refractivity contribution in [2.24, 2.45) is 11.3 Å². The molecule has 1 atom stereocenters. The highest BCUT2D eigenvalue weighted by Crippen LogP contribution is 2.26. The van der Waals surface area contributed by atoms with E-state index in [4.69, 9.17) is 0 Å². The summed E-state index contributed by atoms with van der Waals surface area (Å²) >= 11 is 0. The van der Waals surface area contributed by atoms with Gasteiger partial charge in [0.1, 0.15) is 6.04 Å². The molecule has 1 aliphatic carbocycles.